The number of nitrogens with one attached hydrogen (secondary N) is 1. The van der Waals surface area contributed by atoms with Gasteiger partial charge in [0.25, 0.3) is 0 Å². The van der Waals surface area contributed by atoms with Crippen LogP contribution in [0.5, 0.6) is 0 Å². The van der Waals surface area contributed by atoms with E-state index >= 15 is 0 Å². The zero-order valence-corrected chi connectivity index (χ0v) is 10.9. The van der Waals surface area contributed by atoms with Gasteiger partial charge < -0.3 is 10.2 Å². The molecular weight excluding hydrogens is 184 g/mol. The second-order valence-corrected chi connectivity index (χ2v) is 5.31. The van der Waals surface area contributed by atoms with Crippen molar-refractivity contribution in [3.8, 4) is 0 Å². The van der Waals surface area contributed by atoms with Gasteiger partial charge in [-0.1, -0.05) is 20.8 Å². The summed E-state index contributed by atoms with van der Waals surface area (Å²) in [5.74, 6) is 0.925. The average molecular weight is 212 g/mol. The van der Waals surface area contributed by atoms with Crippen LogP contribution in [0, 0.1) is 5.92 Å². The van der Waals surface area contributed by atoms with E-state index in [-0.39, 0.29) is 0 Å². The van der Waals surface area contributed by atoms with Crippen molar-refractivity contribution in [1.82, 2.24) is 10.2 Å². The molecule has 1 saturated carbocycles. The molecule has 0 aromatic carbocycles. The van der Waals surface area contributed by atoms with Crippen LogP contribution in [-0.2, 0) is 0 Å². The highest BCUT2D eigenvalue weighted by molar-refractivity contribution is 4.79. The Morgan fingerprint density at radius 3 is 2.27 bits per heavy atom. The third-order valence-electron chi connectivity index (χ3n) is 3.75. The lowest BCUT2D eigenvalue weighted by molar-refractivity contribution is 0.169. The predicted octanol–water partition coefficient (Wildman–Crippen LogP) is 2.49. The van der Waals surface area contributed by atoms with Crippen molar-refractivity contribution in [2.75, 3.05) is 20.1 Å². The molecule has 0 radical (unpaired) electrons. The van der Waals surface area contributed by atoms with Gasteiger partial charge in [0.2, 0.25) is 0 Å². The molecule has 1 aliphatic rings. The van der Waals surface area contributed by atoms with E-state index in [9.17, 15) is 0 Å². The minimum absolute atomic E-state index is 0.640. The van der Waals surface area contributed by atoms with Gasteiger partial charge in [-0.05, 0) is 51.7 Å². The second-order valence-electron chi connectivity index (χ2n) is 5.31. The minimum Gasteiger partial charge on any atom is -0.314 e. The van der Waals surface area contributed by atoms with Gasteiger partial charge in [-0.15, -0.1) is 0 Å². The van der Waals surface area contributed by atoms with Gasteiger partial charge in [0, 0.05) is 12.1 Å². The van der Waals surface area contributed by atoms with E-state index in [0.717, 1.165) is 12.0 Å². The Balaban J connectivity index is 2.18. The van der Waals surface area contributed by atoms with Gasteiger partial charge in [-0.2, -0.15) is 0 Å². The van der Waals surface area contributed by atoms with Crippen molar-refractivity contribution < 1.29 is 0 Å². The first-order valence-corrected chi connectivity index (χ1v) is 6.57. The highest BCUT2D eigenvalue weighted by Gasteiger charge is 2.22. The lowest BCUT2D eigenvalue weighted by Crippen LogP contribution is -2.37. The smallest absolute Gasteiger partial charge is 0.00923 e. The third kappa shape index (κ3) is 4.52. The van der Waals surface area contributed by atoms with Crippen LogP contribution in [0.3, 0.4) is 0 Å². The number of hydrogen-bond donors (Lipinski definition) is 1. The highest BCUT2D eigenvalue weighted by Crippen LogP contribution is 2.26. The zero-order chi connectivity index (χ0) is 11.3. The van der Waals surface area contributed by atoms with Crippen LogP contribution in [0.15, 0.2) is 0 Å². The van der Waals surface area contributed by atoms with E-state index in [1.165, 1.54) is 38.8 Å². The molecule has 0 aromatic rings. The molecule has 1 N–H and O–H groups in total. The van der Waals surface area contributed by atoms with E-state index < -0.39 is 0 Å². The van der Waals surface area contributed by atoms with Crippen LogP contribution in [-0.4, -0.2) is 37.1 Å². The number of nitrogens with zero attached hydrogens (tertiary/aromatic N) is 1. The molecule has 0 spiro atoms. The fourth-order valence-corrected chi connectivity index (χ4v) is 2.45. The van der Waals surface area contributed by atoms with Crippen molar-refractivity contribution in [1.29, 1.82) is 0 Å². The normalized spacial score (nSPS) is 27.6. The van der Waals surface area contributed by atoms with Crippen molar-refractivity contribution in [3.63, 3.8) is 0 Å². The topological polar surface area (TPSA) is 15.3 Å². The quantitative estimate of drug-likeness (QED) is 0.753. The lowest BCUT2D eigenvalue weighted by Gasteiger charge is -2.34. The molecule has 1 aliphatic carbocycles. The fraction of sp³-hybridized carbons (Fsp3) is 1.00. The molecule has 2 heteroatoms. The molecule has 0 aromatic heterocycles. The monoisotopic (exact) mass is 212 g/mol. The Bertz CT molecular complexity index is 160. The first-order valence-electron chi connectivity index (χ1n) is 6.57. The van der Waals surface area contributed by atoms with Gasteiger partial charge in [0.1, 0.15) is 0 Å². The Morgan fingerprint density at radius 2 is 1.80 bits per heavy atom. The predicted molar refractivity (Wildman–Crippen MR) is 67.2 cm³/mol. The molecule has 0 aliphatic heterocycles. The molecule has 1 rings (SSSR count). The Morgan fingerprint density at radius 1 is 1.20 bits per heavy atom. The molecule has 0 saturated heterocycles. The van der Waals surface area contributed by atoms with E-state index in [1.807, 2.05) is 0 Å². The summed E-state index contributed by atoms with van der Waals surface area (Å²) in [6.45, 7) is 9.14. The standard InChI is InChI=1S/C13H28N2/c1-5-15(4)13-8-6-12(7-9-13)10-14-11(2)3/h11-14H,5-10H2,1-4H3/t12-,13+. The molecule has 2 nitrogen and oxygen atoms in total. The summed E-state index contributed by atoms with van der Waals surface area (Å²) in [6.07, 6.45) is 5.62. The summed E-state index contributed by atoms with van der Waals surface area (Å²) >= 11 is 0. The molecule has 0 bridgehead atoms. The fourth-order valence-electron chi connectivity index (χ4n) is 2.45. The van der Waals surface area contributed by atoms with Gasteiger partial charge in [0.15, 0.2) is 0 Å². The molecule has 90 valence electrons. The Hall–Kier alpha value is -0.0800. The van der Waals surface area contributed by atoms with Crippen LogP contribution in [0.25, 0.3) is 0 Å². The third-order valence-corrected chi connectivity index (χ3v) is 3.75. The summed E-state index contributed by atoms with van der Waals surface area (Å²) in [5.41, 5.74) is 0. The van der Waals surface area contributed by atoms with Crippen molar-refractivity contribution in [3.05, 3.63) is 0 Å². The zero-order valence-electron chi connectivity index (χ0n) is 10.9. The van der Waals surface area contributed by atoms with Crippen molar-refractivity contribution in [2.24, 2.45) is 5.92 Å². The maximum Gasteiger partial charge on any atom is 0.00923 e. The summed E-state index contributed by atoms with van der Waals surface area (Å²) in [5, 5.41) is 3.56. The SMILES string of the molecule is CCN(C)[C@H]1CC[C@@H](CNC(C)C)CC1. The van der Waals surface area contributed by atoms with Crippen LogP contribution < -0.4 is 5.32 Å². The van der Waals surface area contributed by atoms with Gasteiger partial charge in [0.05, 0.1) is 0 Å². The average Bonchev–Trinajstić information content (AvgIpc) is 2.26. The first-order chi connectivity index (χ1) is 7.13. The summed E-state index contributed by atoms with van der Waals surface area (Å²) in [6, 6.07) is 1.49. The molecule has 0 heterocycles. The summed E-state index contributed by atoms with van der Waals surface area (Å²) in [4.78, 5) is 2.51. The van der Waals surface area contributed by atoms with Crippen LogP contribution in [0.4, 0.5) is 0 Å². The molecular formula is C13H28N2. The van der Waals surface area contributed by atoms with Gasteiger partial charge in [-0.25, -0.2) is 0 Å². The van der Waals surface area contributed by atoms with E-state index in [4.69, 9.17) is 0 Å². The van der Waals surface area contributed by atoms with Crippen molar-refractivity contribution >= 4 is 0 Å². The lowest BCUT2D eigenvalue weighted by atomic mass is 9.85. The summed E-state index contributed by atoms with van der Waals surface area (Å²) in [7, 11) is 2.26. The second kappa shape index (κ2) is 6.49. The maximum absolute atomic E-state index is 3.56. The van der Waals surface area contributed by atoms with Crippen molar-refractivity contribution in [2.45, 2.75) is 58.5 Å². The largest absolute Gasteiger partial charge is 0.314 e. The van der Waals surface area contributed by atoms with Crippen LogP contribution in [0.2, 0.25) is 0 Å². The summed E-state index contributed by atoms with van der Waals surface area (Å²) < 4.78 is 0. The van der Waals surface area contributed by atoms with Crippen LogP contribution in [0.1, 0.15) is 46.5 Å². The Kier molecular flexibility index (Phi) is 5.62. The minimum atomic E-state index is 0.640. The number of hydrogen-bond acceptors (Lipinski definition) is 2. The molecule has 15 heavy (non-hydrogen) atoms. The first kappa shape index (κ1) is 13.0. The van der Waals surface area contributed by atoms with E-state index in [2.05, 4.69) is 38.0 Å². The molecule has 0 unspecified atom stereocenters. The number of rotatable bonds is 5. The molecule has 1 fully saturated rings. The van der Waals surface area contributed by atoms with Gasteiger partial charge >= 0.3 is 0 Å². The molecule has 0 atom stereocenters. The maximum atomic E-state index is 3.56. The van der Waals surface area contributed by atoms with Gasteiger partial charge in [-0.3, -0.25) is 0 Å². The Labute approximate surface area is 95.4 Å². The highest BCUT2D eigenvalue weighted by atomic mass is 15.1. The molecule has 0 amide bonds. The van der Waals surface area contributed by atoms with Crippen LogP contribution >= 0.6 is 0 Å². The van der Waals surface area contributed by atoms with E-state index in [0.29, 0.717) is 6.04 Å². The van der Waals surface area contributed by atoms with E-state index in [1.54, 1.807) is 0 Å².